The van der Waals surface area contributed by atoms with E-state index in [9.17, 15) is 13.6 Å². The van der Waals surface area contributed by atoms with E-state index in [1.165, 1.54) is 13.2 Å². The lowest BCUT2D eigenvalue weighted by atomic mass is 10.1. The van der Waals surface area contributed by atoms with E-state index in [0.717, 1.165) is 12.1 Å². The van der Waals surface area contributed by atoms with Crippen molar-refractivity contribution < 1.29 is 13.5 Å². The van der Waals surface area contributed by atoms with E-state index in [4.69, 9.17) is 0 Å². The standard InChI is InChI=1S/C12H10F2N2O2/c1-6-3-10(16-12(17)15-6)7-4-9(14)11(18-2)5-8(7)13/h3-5H,1-2H3,(H,15,16,17). The van der Waals surface area contributed by atoms with Crippen LogP contribution < -0.4 is 10.4 Å². The van der Waals surface area contributed by atoms with Gasteiger partial charge < -0.3 is 9.72 Å². The summed E-state index contributed by atoms with van der Waals surface area (Å²) in [5.41, 5.74) is -0.0981. The Labute approximate surface area is 101 Å². The van der Waals surface area contributed by atoms with Gasteiger partial charge in [0.1, 0.15) is 5.82 Å². The predicted octanol–water partition coefficient (Wildman–Crippen LogP) is 2.03. The van der Waals surface area contributed by atoms with Crippen LogP contribution in [0.15, 0.2) is 23.0 Å². The molecule has 0 bridgehead atoms. The lowest BCUT2D eigenvalue weighted by molar-refractivity contribution is 0.383. The third-order valence-electron chi connectivity index (χ3n) is 2.40. The number of H-pyrrole nitrogens is 1. The molecule has 0 radical (unpaired) electrons. The highest BCUT2D eigenvalue weighted by molar-refractivity contribution is 5.61. The van der Waals surface area contributed by atoms with Crippen LogP contribution in [0.25, 0.3) is 11.3 Å². The van der Waals surface area contributed by atoms with Gasteiger partial charge in [-0.1, -0.05) is 0 Å². The normalized spacial score (nSPS) is 10.4. The molecule has 0 fully saturated rings. The molecule has 0 aliphatic rings. The summed E-state index contributed by atoms with van der Waals surface area (Å²) in [6.45, 7) is 1.63. The van der Waals surface area contributed by atoms with Crippen molar-refractivity contribution in [1.82, 2.24) is 9.97 Å². The van der Waals surface area contributed by atoms with E-state index in [2.05, 4.69) is 14.7 Å². The van der Waals surface area contributed by atoms with Crippen LogP contribution in [-0.4, -0.2) is 17.1 Å². The first kappa shape index (κ1) is 12.2. The lowest BCUT2D eigenvalue weighted by Crippen LogP contribution is -2.12. The van der Waals surface area contributed by atoms with E-state index in [1.54, 1.807) is 6.92 Å². The highest BCUT2D eigenvalue weighted by atomic mass is 19.1. The Hall–Kier alpha value is -2.24. The fourth-order valence-electron chi connectivity index (χ4n) is 1.60. The molecule has 18 heavy (non-hydrogen) atoms. The van der Waals surface area contributed by atoms with Gasteiger partial charge >= 0.3 is 5.69 Å². The van der Waals surface area contributed by atoms with Crippen LogP contribution in [-0.2, 0) is 0 Å². The summed E-state index contributed by atoms with van der Waals surface area (Å²) in [7, 11) is 1.24. The minimum Gasteiger partial charge on any atom is -0.494 e. The minimum atomic E-state index is -0.714. The molecule has 0 aliphatic carbocycles. The van der Waals surface area contributed by atoms with Crippen molar-refractivity contribution in [1.29, 1.82) is 0 Å². The number of ether oxygens (including phenoxy) is 1. The first-order valence-corrected chi connectivity index (χ1v) is 5.12. The predicted molar refractivity (Wildman–Crippen MR) is 61.5 cm³/mol. The van der Waals surface area contributed by atoms with Crippen LogP contribution >= 0.6 is 0 Å². The first-order chi connectivity index (χ1) is 8.51. The number of aromatic nitrogens is 2. The summed E-state index contributed by atoms with van der Waals surface area (Å²) in [6.07, 6.45) is 0. The van der Waals surface area contributed by atoms with Crippen molar-refractivity contribution >= 4 is 0 Å². The molecule has 6 heteroatoms. The number of aromatic amines is 1. The average molecular weight is 252 g/mol. The third kappa shape index (κ3) is 2.22. The van der Waals surface area contributed by atoms with Gasteiger partial charge in [0.05, 0.1) is 12.8 Å². The summed E-state index contributed by atoms with van der Waals surface area (Å²) in [6, 6.07) is 3.34. The van der Waals surface area contributed by atoms with Gasteiger partial charge in [-0.2, -0.15) is 4.98 Å². The zero-order valence-corrected chi connectivity index (χ0v) is 9.75. The Morgan fingerprint density at radius 2 is 1.94 bits per heavy atom. The van der Waals surface area contributed by atoms with Crippen molar-refractivity contribution in [2.45, 2.75) is 6.92 Å². The summed E-state index contributed by atoms with van der Waals surface area (Å²) in [5.74, 6) is -1.61. The zero-order chi connectivity index (χ0) is 13.3. The molecule has 0 spiro atoms. The van der Waals surface area contributed by atoms with E-state index in [0.29, 0.717) is 5.69 Å². The summed E-state index contributed by atoms with van der Waals surface area (Å²) in [4.78, 5) is 17.2. The summed E-state index contributed by atoms with van der Waals surface area (Å²) < 4.78 is 31.9. The summed E-state index contributed by atoms with van der Waals surface area (Å²) >= 11 is 0. The smallest absolute Gasteiger partial charge is 0.345 e. The summed E-state index contributed by atoms with van der Waals surface area (Å²) in [5, 5.41) is 0. The van der Waals surface area contributed by atoms with Crippen LogP contribution in [0, 0.1) is 18.6 Å². The molecule has 0 atom stereocenters. The monoisotopic (exact) mass is 252 g/mol. The van der Waals surface area contributed by atoms with Crippen molar-refractivity contribution in [3.8, 4) is 17.0 Å². The number of methoxy groups -OCH3 is 1. The SMILES string of the molecule is COc1cc(F)c(-c2cc(C)[nH]c(=O)n2)cc1F. The number of hydrogen-bond donors (Lipinski definition) is 1. The second-order valence-electron chi connectivity index (χ2n) is 3.72. The van der Waals surface area contributed by atoms with Gasteiger partial charge in [-0.05, 0) is 19.1 Å². The first-order valence-electron chi connectivity index (χ1n) is 5.12. The van der Waals surface area contributed by atoms with Gasteiger partial charge in [0, 0.05) is 17.3 Å². The van der Waals surface area contributed by atoms with E-state index < -0.39 is 17.3 Å². The second kappa shape index (κ2) is 4.56. The van der Waals surface area contributed by atoms with Crippen molar-refractivity contribution in [3.63, 3.8) is 0 Å². The molecule has 1 aromatic heterocycles. The molecule has 1 N–H and O–H groups in total. The maximum atomic E-state index is 13.8. The Morgan fingerprint density at radius 3 is 2.56 bits per heavy atom. The third-order valence-corrected chi connectivity index (χ3v) is 2.40. The van der Waals surface area contributed by atoms with Crippen LogP contribution in [0.5, 0.6) is 5.75 Å². The molecule has 94 valence electrons. The number of nitrogens with zero attached hydrogens (tertiary/aromatic N) is 1. The fourth-order valence-corrected chi connectivity index (χ4v) is 1.60. The molecule has 0 aliphatic heterocycles. The van der Waals surface area contributed by atoms with Gasteiger partial charge in [-0.15, -0.1) is 0 Å². The maximum absolute atomic E-state index is 13.8. The molecular weight excluding hydrogens is 242 g/mol. The van der Waals surface area contributed by atoms with E-state index >= 15 is 0 Å². The molecule has 2 rings (SSSR count). The Kier molecular flexibility index (Phi) is 3.10. The molecule has 0 saturated heterocycles. The van der Waals surface area contributed by atoms with Crippen molar-refractivity contribution in [2.24, 2.45) is 0 Å². The molecule has 0 amide bonds. The minimum absolute atomic E-state index is 0.0790. The Bertz CT molecular complexity index is 653. The van der Waals surface area contributed by atoms with Gasteiger partial charge in [-0.3, -0.25) is 0 Å². The quantitative estimate of drug-likeness (QED) is 0.889. The van der Waals surface area contributed by atoms with Gasteiger partial charge in [-0.25, -0.2) is 13.6 Å². The molecule has 2 aromatic rings. The Balaban J connectivity index is 2.64. The van der Waals surface area contributed by atoms with E-state index in [1.807, 2.05) is 0 Å². The van der Waals surface area contributed by atoms with Gasteiger partial charge in [0.15, 0.2) is 11.6 Å². The number of nitrogens with one attached hydrogen (secondary N) is 1. The number of aryl methyl sites for hydroxylation is 1. The van der Waals surface area contributed by atoms with Crippen LogP contribution in [0.3, 0.4) is 0 Å². The van der Waals surface area contributed by atoms with Gasteiger partial charge in [0.25, 0.3) is 0 Å². The largest absolute Gasteiger partial charge is 0.494 e. The molecule has 4 nitrogen and oxygen atoms in total. The van der Waals surface area contributed by atoms with Crippen molar-refractivity contribution in [3.05, 3.63) is 46.0 Å². The van der Waals surface area contributed by atoms with Crippen LogP contribution in [0.2, 0.25) is 0 Å². The van der Waals surface area contributed by atoms with Crippen LogP contribution in [0.1, 0.15) is 5.69 Å². The maximum Gasteiger partial charge on any atom is 0.345 e. The van der Waals surface area contributed by atoms with Gasteiger partial charge in [0.2, 0.25) is 0 Å². The lowest BCUT2D eigenvalue weighted by Gasteiger charge is -2.07. The second-order valence-corrected chi connectivity index (χ2v) is 3.72. The van der Waals surface area contributed by atoms with Crippen molar-refractivity contribution in [2.75, 3.05) is 7.11 Å². The molecule has 0 unspecified atom stereocenters. The number of hydrogen-bond acceptors (Lipinski definition) is 3. The van der Waals surface area contributed by atoms with Crippen LogP contribution in [0.4, 0.5) is 8.78 Å². The highest BCUT2D eigenvalue weighted by Gasteiger charge is 2.13. The number of halogens is 2. The molecular formula is C12H10F2N2O2. The Morgan fingerprint density at radius 1 is 1.22 bits per heavy atom. The molecule has 1 aromatic carbocycles. The van der Waals surface area contributed by atoms with E-state index in [-0.39, 0.29) is 17.0 Å². The molecule has 0 saturated carbocycles. The zero-order valence-electron chi connectivity index (χ0n) is 9.75. The average Bonchev–Trinajstić information content (AvgIpc) is 2.30. The highest BCUT2D eigenvalue weighted by Crippen LogP contribution is 2.27. The molecule has 1 heterocycles. The number of rotatable bonds is 2. The topological polar surface area (TPSA) is 55.0 Å². The number of benzene rings is 1. The fraction of sp³-hybridized carbons (Fsp3) is 0.167.